The van der Waals surface area contributed by atoms with Crippen molar-refractivity contribution in [1.29, 1.82) is 5.26 Å². The average molecular weight is 333 g/mol. The molecule has 1 aliphatic rings. The lowest BCUT2D eigenvalue weighted by molar-refractivity contribution is 0.630. The van der Waals surface area contributed by atoms with Crippen LogP contribution in [-0.4, -0.2) is 21.5 Å². The van der Waals surface area contributed by atoms with Gasteiger partial charge in [-0.15, -0.1) is 0 Å². The topological polar surface area (TPSA) is 68.6 Å². The Morgan fingerprint density at radius 3 is 2.92 bits per heavy atom. The molecule has 124 valence electrons. The summed E-state index contributed by atoms with van der Waals surface area (Å²) in [6, 6.07) is 12.4. The lowest BCUT2D eigenvalue weighted by Crippen LogP contribution is -2.25. The first-order valence-electron chi connectivity index (χ1n) is 8.19. The van der Waals surface area contributed by atoms with Crippen LogP contribution in [0.5, 0.6) is 0 Å². The molecule has 0 radical (unpaired) electrons. The van der Waals surface area contributed by atoms with Crippen molar-refractivity contribution in [1.82, 2.24) is 15.0 Å². The molecule has 0 unspecified atom stereocenters. The Balaban J connectivity index is 1.68. The molecule has 1 aromatic carbocycles. The van der Waals surface area contributed by atoms with Gasteiger partial charge in [0.15, 0.2) is 0 Å². The first-order valence-corrected chi connectivity index (χ1v) is 8.19. The smallest absolute Gasteiger partial charge is 0.147 e. The highest BCUT2D eigenvalue weighted by atomic mass is 19.1. The van der Waals surface area contributed by atoms with Crippen LogP contribution in [0.25, 0.3) is 11.3 Å². The van der Waals surface area contributed by atoms with Gasteiger partial charge in [0.1, 0.15) is 23.5 Å². The minimum atomic E-state index is -0.280. The summed E-state index contributed by atoms with van der Waals surface area (Å²) < 4.78 is 14.0. The third kappa shape index (κ3) is 2.74. The summed E-state index contributed by atoms with van der Waals surface area (Å²) in [5.74, 6) is 1.17. The quantitative estimate of drug-likeness (QED) is 0.791. The molecule has 0 bridgehead atoms. The van der Waals surface area contributed by atoms with Gasteiger partial charge in [-0.05, 0) is 37.1 Å². The molecule has 1 saturated heterocycles. The molecule has 1 atom stereocenters. The SMILES string of the molecule is N#Cc1cccnc1N1CCC[C@H]1c1ncc(-c2ccccc2F)[nH]1. The Hall–Kier alpha value is -3.20. The summed E-state index contributed by atoms with van der Waals surface area (Å²) in [5.41, 5.74) is 1.71. The van der Waals surface area contributed by atoms with Crippen LogP contribution < -0.4 is 4.90 Å². The standard InChI is InChI=1S/C19H16FN5/c20-15-7-2-1-6-14(15)16-12-23-18(24-16)17-8-4-10-25(17)19-13(11-21)5-3-9-22-19/h1-3,5-7,9,12,17H,4,8,10H2,(H,23,24)/t17-/m0/s1. The van der Waals surface area contributed by atoms with Gasteiger partial charge in [-0.3, -0.25) is 0 Å². The van der Waals surface area contributed by atoms with Crippen molar-refractivity contribution in [2.24, 2.45) is 0 Å². The molecule has 4 rings (SSSR count). The van der Waals surface area contributed by atoms with Gasteiger partial charge in [0.25, 0.3) is 0 Å². The second-order valence-corrected chi connectivity index (χ2v) is 6.00. The molecule has 3 aromatic rings. The molecule has 6 heteroatoms. The average Bonchev–Trinajstić information content (AvgIpc) is 3.31. The number of benzene rings is 1. The van der Waals surface area contributed by atoms with Crippen LogP contribution >= 0.6 is 0 Å². The van der Waals surface area contributed by atoms with E-state index in [1.807, 2.05) is 0 Å². The van der Waals surface area contributed by atoms with Gasteiger partial charge in [-0.2, -0.15) is 5.26 Å². The molecule has 25 heavy (non-hydrogen) atoms. The number of hydrogen-bond donors (Lipinski definition) is 1. The molecular formula is C19H16FN5. The Labute approximate surface area is 144 Å². The minimum absolute atomic E-state index is 0.00234. The molecular weight excluding hydrogens is 317 g/mol. The summed E-state index contributed by atoms with van der Waals surface area (Å²) in [6.07, 6.45) is 5.25. The Morgan fingerprint density at radius 2 is 2.08 bits per heavy atom. The molecule has 1 N–H and O–H groups in total. The van der Waals surface area contributed by atoms with E-state index in [2.05, 4.69) is 25.9 Å². The van der Waals surface area contributed by atoms with E-state index in [9.17, 15) is 9.65 Å². The highest BCUT2D eigenvalue weighted by Crippen LogP contribution is 2.36. The van der Waals surface area contributed by atoms with Crippen molar-refractivity contribution in [2.45, 2.75) is 18.9 Å². The second-order valence-electron chi connectivity index (χ2n) is 6.00. The van der Waals surface area contributed by atoms with Gasteiger partial charge in [0.05, 0.1) is 23.5 Å². The number of nitrogens with zero attached hydrogens (tertiary/aromatic N) is 4. The van der Waals surface area contributed by atoms with E-state index < -0.39 is 0 Å². The maximum absolute atomic E-state index is 14.0. The monoisotopic (exact) mass is 333 g/mol. The van der Waals surface area contributed by atoms with E-state index in [0.29, 0.717) is 22.6 Å². The predicted octanol–water partition coefficient (Wildman–Crippen LogP) is 3.82. The van der Waals surface area contributed by atoms with E-state index in [1.165, 1.54) is 6.07 Å². The van der Waals surface area contributed by atoms with E-state index in [-0.39, 0.29) is 11.9 Å². The molecule has 0 spiro atoms. The zero-order valence-electron chi connectivity index (χ0n) is 13.5. The normalized spacial score (nSPS) is 16.8. The maximum atomic E-state index is 14.0. The fourth-order valence-corrected chi connectivity index (χ4v) is 3.34. The summed E-state index contributed by atoms with van der Waals surface area (Å²) in [6.45, 7) is 0.812. The summed E-state index contributed by atoms with van der Waals surface area (Å²) in [7, 11) is 0. The number of halogens is 1. The molecule has 1 aliphatic heterocycles. The van der Waals surface area contributed by atoms with Crippen molar-refractivity contribution in [3.05, 3.63) is 66.0 Å². The first-order chi connectivity index (χ1) is 12.3. The van der Waals surface area contributed by atoms with Crippen LogP contribution in [0, 0.1) is 17.1 Å². The van der Waals surface area contributed by atoms with Crippen LogP contribution in [-0.2, 0) is 0 Å². The lowest BCUT2D eigenvalue weighted by Gasteiger charge is -2.24. The van der Waals surface area contributed by atoms with Crippen LogP contribution in [0.1, 0.15) is 30.3 Å². The molecule has 0 saturated carbocycles. The summed E-state index contributed by atoms with van der Waals surface area (Å²) >= 11 is 0. The van der Waals surface area contributed by atoms with Crippen molar-refractivity contribution < 1.29 is 4.39 Å². The number of aromatic nitrogens is 3. The zero-order chi connectivity index (χ0) is 17.2. The largest absolute Gasteiger partial charge is 0.345 e. The first kappa shape index (κ1) is 15.3. The van der Waals surface area contributed by atoms with Gasteiger partial charge in [-0.25, -0.2) is 14.4 Å². The van der Waals surface area contributed by atoms with Crippen molar-refractivity contribution >= 4 is 5.82 Å². The minimum Gasteiger partial charge on any atom is -0.345 e. The molecule has 5 nitrogen and oxygen atoms in total. The molecule has 1 fully saturated rings. The van der Waals surface area contributed by atoms with Gasteiger partial charge in [-0.1, -0.05) is 12.1 Å². The maximum Gasteiger partial charge on any atom is 0.147 e. The van der Waals surface area contributed by atoms with Crippen LogP contribution in [0.4, 0.5) is 10.2 Å². The van der Waals surface area contributed by atoms with Gasteiger partial charge < -0.3 is 9.88 Å². The summed E-state index contributed by atoms with van der Waals surface area (Å²) in [5, 5.41) is 9.34. The number of imidazole rings is 1. The Bertz CT molecular complexity index is 943. The number of pyridine rings is 1. The van der Waals surface area contributed by atoms with E-state index in [4.69, 9.17) is 0 Å². The fraction of sp³-hybridized carbons (Fsp3) is 0.211. The second kappa shape index (κ2) is 6.36. The number of nitrogens with one attached hydrogen (secondary N) is 1. The third-order valence-electron chi connectivity index (χ3n) is 4.51. The zero-order valence-corrected chi connectivity index (χ0v) is 13.5. The molecule has 0 aliphatic carbocycles. The van der Waals surface area contributed by atoms with Gasteiger partial charge in [0.2, 0.25) is 0 Å². The molecule has 2 aromatic heterocycles. The van der Waals surface area contributed by atoms with Crippen molar-refractivity contribution in [2.75, 3.05) is 11.4 Å². The van der Waals surface area contributed by atoms with Crippen molar-refractivity contribution in [3.8, 4) is 17.3 Å². The molecule has 0 amide bonds. The van der Waals surface area contributed by atoms with Gasteiger partial charge >= 0.3 is 0 Å². The molecule has 3 heterocycles. The number of hydrogen-bond acceptors (Lipinski definition) is 4. The third-order valence-corrected chi connectivity index (χ3v) is 4.51. The number of aromatic amines is 1. The summed E-state index contributed by atoms with van der Waals surface area (Å²) in [4.78, 5) is 14.2. The highest BCUT2D eigenvalue weighted by Gasteiger charge is 2.31. The predicted molar refractivity (Wildman–Crippen MR) is 92.3 cm³/mol. The fourth-order valence-electron chi connectivity index (χ4n) is 3.34. The Kier molecular flexibility index (Phi) is 3.90. The number of H-pyrrole nitrogens is 1. The van der Waals surface area contributed by atoms with Crippen LogP contribution in [0.15, 0.2) is 48.8 Å². The number of nitriles is 1. The van der Waals surface area contributed by atoms with Crippen LogP contribution in [0.3, 0.4) is 0 Å². The van der Waals surface area contributed by atoms with E-state index in [1.54, 1.807) is 42.7 Å². The Morgan fingerprint density at radius 1 is 1.20 bits per heavy atom. The number of anilines is 1. The van der Waals surface area contributed by atoms with E-state index in [0.717, 1.165) is 25.2 Å². The number of rotatable bonds is 3. The lowest BCUT2D eigenvalue weighted by atomic mass is 10.1. The van der Waals surface area contributed by atoms with Crippen LogP contribution in [0.2, 0.25) is 0 Å². The van der Waals surface area contributed by atoms with Gasteiger partial charge in [0, 0.05) is 18.3 Å². The highest BCUT2D eigenvalue weighted by molar-refractivity contribution is 5.60. The van der Waals surface area contributed by atoms with Crippen molar-refractivity contribution in [3.63, 3.8) is 0 Å². The van der Waals surface area contributed by atoms with E-state index >= 15 is 0 Å².